The summed E-state index contributed by atoms with van der Waals surface area (Å²) in [5.74, 6) is -0.701. The molecule has 1 aliphatic heterocycles. The Hall–Kier alpha value is -1.67. The summed E-state index contributed by atoms with van der Waals surface area (Å²) in [6.45, 7) is 9.81. The zero-order valence-electron chi connectivity index (χ0n) is 13.7. The topological polar surface area (TPSA) is 86.8 Å². The minimum atomic E-state index is -3.44. The van der Waals surface area contributed by atoms with E-state index in [0.717, 1.165) is 6.26 Å². The van der Waals surface area contributed by atoms with Crippen LogP contribution < -0.4 is 5.32 Å². The molecule has 0 aromatic carbocycles. The summed E-state index contributed by atoms with van der Waals surface area (Å²) in [6.07, 6.45) is 5.37. The van der Waals surface area contributed by atoms with Gasteiger partial charge in [-0.1, -0.05) is 12.2 Å². The maximum absolute atomic E-state index is 12.3. The molecule has 7 nitrogen and oxygen atoms in total. The number of carbonyl (C=O) groups excluding carboxylic acids is 2. The zero-order chi connectivity index (χ0) is 17.6. The molecule has 23 heavy (non-hydrogen) atoms. The predicted molar refractivity (Wildman–Crippen MR) is 89.2 cm³/mol. The molecule has 130 valence electrons. The first-order chi connectivity index (χ1) is 10.7. The first-order valence-electron chi connectivity index (χ1n) is 7.50. The first-order valence-corrected chi connectivity index (χ1v) is 9.35. The summed E-state index contributed by atoms with van der Waals surface area (Å²) in [5.41, 5.74) is 0. The summed E-state index contributed by atoms with van der Waals surface area (Å²) < 4.78 is 24.6. The molecule has 0 aliphatic carbocycles. The van der Waals surface area contributed by atoms with Crippen molar-refractivity contribution in [3.8, 4) is 0 Å². The van der Waals surface area contributed by atoms with Crippen LogP contribution in [0.3, 0.4) is 0 Å². The first kappa shape index (κ1) is 19.4. The molecule has 1 aliphatic rings. The average molecular weight is 343 g/mol. The Bertz CT molecular complexity index is 563. The highest BCUT2D eigenvalue weighted by Gasteiger charge is 2.37. The maximum atomic E-state index is 12.3. The van der Waals surface area contributed by atoms with Crippen molar-refractivity contribution in [1.82, 2.24) is 14.5 Å². The fourth-order valence-electron chi connectivity index (χ4n) is 2.61. The summed E-state index contributed by atoms with van der Waals surface area (Å²) in [6, 6.07) is -1.49. The van der Waals surface area contributed by atoms with Crippen molar-refractivity contribution in [3.05, 3.63) is 25.3 Å². The van der Waals surface area contributed by atoms with Gasteiger partial charge >= 0.3 is 0 Å². The molecule has 2 unspecified atom stereocenters. The summed E-state index contributed by atoms with van der Waals surface area (Å²) >= 11 is 0. The molecule has 0 bridgehead atoms. The summed E-state index contributed by atoms with van der Waals surface area (Å²) in [7, 11) is -3.44. The van der Waals surface area contributed by atoms with Gasteiger partial charge < -0.3 is 10.2 Å². The van der Waals surface area contributed by atoms with Gasteiger partial charge in [0.25, 0.3) is 0 Å². The average Bonchev–Trinajstić information content (AvgIpc) is 2.95. The van der Waals surface area contributed by atoms with Crippen molar-refractivity contribution < 1.29 is 18.0 Å². The van der Waals surface area contributed by atoms with Gasteiger partial charge in [0.15, 0.2) is 0 Å². The van der Waals surface area contributed by atoms with Gasteiger partial charge in [0.1, 0.15) is 12.1 Å². The van der Waals surface area contributed by atoms with E-state index in [-0.39, 0.29) is 5.91 Å². The highest BCUT2D eigenvalue weighted by atomic mass is 32.2. The van der Waals surface area contributed by atoms with E-state index in [4.69, 9.17) is 0 Å². The fourth-order valence-corrected chi connectivity index (χ4v) is 3.73. The molecule has 2 amide bonds. The van der Waals surface area contributed by atoms with Crippen molar-refractivity contribution >= 4 is 21.8 Å². The highest BCUT2D eigenvalue weighted by Crippen LogP contribution is 2.20. The second kappa shape index (κ2) is 8.26. The van der Waals surface area contributed by atoms with Crippen LogP contribution in [0.5, 0.6) is 0 Å². The summed E-state index contributed by atoms with van der Waals surface area (Å²) in [5, 5.41) is 2.62. The molecule has 0 saturated carbocycles. The molecule has 0 aromatic rings. The van der Waals surface area contributed by atoms with Gasteiger partial charge in [-0.2, -0.15) is 4.31 Å². The Kier molecular flexibility index (Phi) is 6.96. The Balaban J connectivity index is 2.73. The van der Waals surface area contributed by atoms with Crippen molar-refractivity contribution in [2.75, 3.05) is 25.9 Å². The molecule has 2 atom stereocenters. The molecule has 1 saturated heterocycles. The number of hydrogen-bond acceptors (Lipinski definition) is 4. The van der Waals surface area contributed by atoms with Crippen LogP contribution in [-0.2, 0) is 19.6 Å². The van der Waals surface area contributed by atoms with E-state index in [1.807, 2.05) is 0 Å². The van der Waals surface area contributed by atoms with Gasteiger partial charge in [-0.15, -0.1) is 13.2 Å². The Morgan fingerprint density at radius 2 is 1.91 bits per heavy atom. The van der Waals surface area contributed by atoms with E-state index < -0.39 is 28.0 Å². The van der Waals surface area contributed by atoms with E-state index in [1.165, 1.54) is 9.21 Å². The second-order valence-electron chi connectivity index (χ2n) is 5.58. The second-order valence-corrected chi connectivity index (χ2v) is 7.52. The predicted octanol–water partition coefficient (Wildman–Crippen LogP) is 0.116. The quantitative estimate of drug-likeness (QED) is 0.634. The third-order valence-corrected chi connectivity index (χ3v) is 4.96. The van der Waals surface area contributed by atoms with Crippen LogP contribution in [0.1, 0.15) is 19.8 Å². The van der Waals surface area contributed by atoms with Crippen LogP contribution in [0.25, 0.3) is 0 Å². The van der Waals surface area contributed by atoms with Crippen LogP contribution >= 0.6 is 0 Å². The lowest BCUT2D eigenvalue weighted by Crippen LogP contribution is -2.52. The van der Waals surface area contributed by atoms with Gasteiger partial charge in [-0.3, -0.25) is 9.59 Å². The van der Waals surface area contributed by atoms with E-state index in [0.29, 0.717) is 32.5 Å². The highest BCUT2D eigenvalue weighted by molar-refractivity contribution is 7.88. The molecule has 0 spiro atoms. The lowest BCUT2D eigenvalue weighted by atomic mass is 10.2. The van der Waals surface area contributed by atoms with Crippen molar-refractivity contribution in [2.24, 2.45) is 0 Å². The number of carbonyl (C=O) groups is 2. The normalized spacial score (nSPS) is 19.8. The minimum Gasteiger partial charge on any atom is -0.343 e. The van der Waals surface area contributed by atoms with Crippen LogP contribution in [0.2, 0.25) is 0 Å². The standard InChI is InChI=1S/C15H25N3O4S/c1-5-9-17(10-6-2)15(20)12(3)16-14(19)13-8-7-11-18(13)23(4,21)22/h5-6,12-13H,1-2,7-11H2,3-4H3,(H,16,19). The van der Waals surface area contributed by atoms with E-state index in [1.54, 1.807) is 19.1 Å². The molecule has 1 heterocycles. The Labute approximate surface area is 138 Å². The van der Waals surface area contributed by atoms with E-state index in [9.17, 15) is 18.0 Å². The molecule has 1 N–H and O–H groups in total. The fraction of sp³-hybridized carbons (Fsp3) is 0.600. The lowest BCUT2D eigenvalue weighted by Gasteiger charge is -2.26. The molecule has 8 heteroatoms. The maximum Gasteiger partial charge on any atom is 0.245 e. The van der Waals surface area contributed by atoms with Crippen LogP contribution in [0, 0.1) is 0 Å². The van der Waals surface area contributed by atoms with Gasteiger partial charge in [0.2, 0.25) is 21.8 Å². The Morgan fingerprint density at radius 1 is 1.35 bits per heavy atom. The van der Waals surface area contributed by atoms with E-state index >= 15 is 0 Å². The van der Waals surface area contributed by atoms with Gasteiger partial charge in [0.05, 0.1) is 6.26 Å². The summed E-state index contributed by atoms with van der Waals surface area (Å²) in [4.78, 5) is 26.2. The molecule has 0 radical (unpaired) electrons. The lowest BCUT2D eigenvalue weighted by molar-refractivity contribution is -0.135. The van der Waals surface area contributed by atoms with E-state index in [2.05, 4.69) is 18.5 Å². The third kappa shape index (κ3) is 5.18. The van der Waals surface area contributed by atoms with Crippen molar-refractivity contribution in [3.63, 3.8) is 0 Å². The Morgan fingerprint density at radius 3 is 2.39 bits per heavy atom. The number of amides is 2. The smallest absolute Gasteiger partial charge is 0.245 e. The molecule has 1 fully saturated rings. The van der Waals surface area contributed by atoms with Gasteiger partial charge in [0, 0.05) is 19.6 Å². The van der Waals surface area contributed by atoms with Gasteiger partial charge in [-0.25, -0.2) is 8.42 Å². The largest absolute Gasteiger partial charge is 0.343 e. The van der Waals surface area contributed by atoms with Crippen molar-refractivity contribution in [1.29, 1.82) is 0 Å². The molecule has 1 rings (SSSR count). The number of nitrogens with zero attached hydrogens (tertiary/aromatic N) is 2. The zero-order valence-corrected chi connectivity index (χ0v) is 14.5. The van der Waals surface area contributed by atoms with Crippen molar-refractivity contribution in [2.45, 2.75) is 31.8 Å². The number of rotatable bonds is 8. The number of hydrogen-bond donors (Lipinski definition) is 1. The van der Waals surface area contributed by atoms with Crippen LogP contribution in [0.4, 0.5) is 0 Å². The monoisotopic (exact) mass is 343 g/mol. The minimum absolute atomic E-state index is 0.262. The SMILES string of the molecule is C=CCN(CC=C)C(=O)C(C)NC(=O)C1CCCN1S(C)(=O)=O. The van der Waals surface area contributed by atoms with Crippen LogP contribution in [-0.4, -0.2) is 67.4 Å². The number of sulfonamides is 1. The molecular formula is C15H25N3O4S. The molecular weight excluding hydrogens is 318 g/mol. The van der Waals surface area contributed by atoms with Crippen LogP contribution in [0.15, 0.2) is 25.3 Å². The number of nitrogens with one attached hydrogen (secondary N) is 1. The molecule has 0 aromatic heterocycles. The third-order valence-electron chi connectivity index (χ3n) is 3.67. The van der Waals surface area contributed by atoms with Gasteiger partial charge in [-0.05, 0) is 19.8 Å².